The Morgan fingerprint density at radius 3 is 2.24 bits per heavy atom. The third kappa shape index (κ3) is 5.95. The van der Waals surface area contributed by atoms with E-state index in [-0.39, 0.29) is 43.8 Å². The van der Waals surface area contributed by atoms with Crippen LogP contribution in [0.2, 0.25) is 0 Å². The fraction of sp³-hybridized carbons (Fsp3) is 0.412. The summed E-state index contributed by atoms with van der Waals surface area (Å²) in [6.07, 6.45) is 1.64. The molecule has 42 heavy (non-hydrogen) atoms. The first-order chi connectivity index (χ1) is 20.4. The van der Waals surface area contributed by atoms with E-state index < -0.39 is 5.92 Å². The number of methoxy groups -OCH3 is 1. The van der Waals surface area contributed by atoms with Gasteiger partial charge in [-0.1, -0.05) is 49.7 Å². The van der Waals surface area contributed by atoms with Gasteiger partial charge in [-0.15, -0.1) is 0 Å². The monoisotopic (exact) mass is 572 g/mol. The third-order valence-corrected chi connectivity index (χ3v) is 8.26. The van der Waals surface area contributed by atoms with Crippen molar-refractivity contribution in [2.45, 2.75) is 52.5 Å². The fourth-order valence-corrected chi connectivity index (χ4v) is 6.32. The Bertz CT molecular complexity index is 1410. The van der Waals surface area contributed by atoms with Crippen molar-refractivity contribution in [3.8, 4) is 17.2 Å². The number of carbonyl (C=O) groups excluding carboxylic acids is 2. The highest BCUT2D eigenvalue weighted by Crippen LogP contribution is 2.48. The van der Waals surface area contributed by atoms with Gasteiger partial charge in [0.25, 0.3) is 0 Å². The molecule has 3 aromatic rings. The van der Waals surface area contributed by atoms with Gasteiger partial charge in [0.2, 0.25) is 12.7 Å². The maximum atomic E-state index is 13.7. The molecule has 8 nitrogen and oxygen atoms in total. The van der Waals surface area contributed by atoms with Gasteiger partial charge in [0, 0.05) is 24.2 Å². The summed E-state index contributed by atoms with van der Waals surface area (Å²) in [6, 6.07) is 17.4. The number of esters is 1. The van der Waals surface area contributed by atoms with Crippen molar-refractivity contribution in [3.05, 3.63) is 82.4 Å². The summed E-state index contributed by atoms with van der Waals surface area (Å²) in [5.74, 6) is 0.896. The number of fused-ring (bicyclic) bond motifs is 1. The zero-order valence-electron chi connectivity index (χ0n) is 25.1. The first-order valence-corrected chi connectivity index (χ1v) is 14.7. The van der Waals surface area contributed by atoms with Gasteiger partial charge in [0.1, 0.15) is 5.75 Å². The number of rotatable bonds is 10. The maximum Gasteiger partial charge on any atom is 0.311 e. The minimum Gasteiger partial charge on any atom is -0.497 e. The average Bonchev–Trinajstić information content (AvgIpc) is 3.62. The molecule has 5 rings (SSSR count). The van der Waals surface area contributed by atoms with E-state index >= 15 is 0 Å². The molecular weight excluding hydrogens is 532 g/mol. The number of carbonyl (C=O) groups is 2. The van der Waals surface area contributed by atoms with Crippen LogP contribution in [-0.4, -0.2) is 50.4 Å². The number of hydrogen-bond acceptors (Lipinski definition) is 7. The number of likely N-dealkylation sites (tertiary alicyclic amines) is 1. The van der Waals surface area contributed by atoms with Crippen molar-refractivity contribution in [1.29, 1.82) is 0 Å². The fourth-order valence-electron chi connectivity index (χ4n) is 6.32. The molecule has 1 saturated heterocycles. The highest BCUT2D eigenvalue weighted by Gasteiger charge is 2.48. The Balaban J connectivity index is 1.51. The SMILES string of the molecule is CCOC(=O)[C@@H]1[C@@H](c2ccc3c(c2)OCO3)CN(CC(=O)Nc2c(CC)cc(C)cc2CC)[C@H]1c1ccc(OC)cc1. The van der Waals surface area contributed by atoms with Gasteiger partial charge in [-0.2, -0.15) is 0 Å². The number of amides is 1. The summed E-state index contributed by atoms with van der Waals surface area (Å²) in [6.45, 7) is 9.15. The van der Waals surface area contributed by atoms with Crippen molar-refractivity contribution >= 4 is 17.6 Å². The molecule has 1 fully saturated rings. The number of anilines is 1. The van der Waals surface area contributed by atoms with Crippen LogP contribution < -0.4 is 19.5 Å². The molecular formula is C34H40N2O6. The topological polar surface area (TPSA) is 86.3 Å². The van der Waals surface area contributed by atoms with E-state index in [9.17, 15) is 9.59 Å². The Hall–Kier alpha value is -4.04. The summed E-state index contributed by atoms with van der Waals surface area (Å²) in [4.78, 5) is 29.5. The van der Waals surface area contributed by atoms with Gasteiger partial charge in [0.05, 0.1) is 26.2 Å². The minimum atomic E-state index is -0.539. The number of aryl methyl sites for hydroxylation is 3. The summed E-state index contributed by atoms with van der Waals surface area (Å²) in [7, 11) is 1.62. The molecule has 0 spiro atoms. The lowest BCUT2D eigenvalue weighted by molar-refractivity contribution is -0.149. The molecule has 0 saturated carbocycles. The first kappa shape index (κ1) is 29.5. The summed E-state index contributed by atoms with van der Waals surface area (Å²) < 4.78 is 22.2. The van der Waals surface area contributed by atoms with Crippen LogP contribution >= 0.6 is 0 Å². The van der Waals surface area contributed by atoms with Crippen LogP contribution in [0.4, 0.5) is 5.69 Å². The van der Waals surface area contributed by atoms with Crippen LogP contribution in [-0.2, 0) is 27.2 Å². The molecule has 3 aromatic carbocycles. The van der Waals surface area contributed by atoms with Crippen molar-refractivity contribution in [2.24, 2.45) is 5.92 Å². The molecule has 3 atom stereocenters. The van der Waals surface area contributed by atoms with E-state index in [1.807, 2.05) is 49.4 Å². The number of nitrogens with one attached hydrogen (secondary N) is 1. The van der Waals surface area contributed by atoms with Crippen molar-refractivity contribution < 1.29 is 28.5 Å². The number of benzene rings is 3. The molecule has 1 N–H and O–H groups in total. The zero-order chi connectivity index (χ0) is 29.8. The highest BCUT2D eigenvalue weighted by molar-refractivity contribution is 5.94. The van der Waals surface area contributed by atoms with Crippen LogP contribution in [0.3, 0.4) is 0 Å². The number of nitrogens with zero attached hydrogens (tertiary/aromatic N) is 1. The normalized spacial score (nSPS) is 19.5. The lowest BCUT2D eigenvalue weighted by Crippen LogP contribution is -2.35. The van der Waals surface area contributed by atoms with Gasteiger partial charge >= 0.3 is 5.97 Å². The number of hydrogen-bond donors (Lipinski definition) is 1. The second-order valence-corrected chi connectivity index (χ2v) is 10.9. The zero-order valence-corrected chi connectivity index (χ0v) is 25.1. The Morgan fingerprint density at radius 2 is 1.60 bits per heavy atom. The Kier molecular flexibility index (Phi) is 9.02. The molecule has 0 bridgehead atoms. The predicted molar refractivity (Wildman–Crippen MR) is 161 cm³/mol. The average molecular weight is 573 g/mol. The molecule has 2 heterocycles. The lowest BCUT2D eigenvalue weighted by Gasteiger charge is -2.28. The second-order valence-electron chi connectivity index (χ2n) is 10.9. The van der Waals surface area contributed by atoms with Crippen molar-refractivity contribution in [2.75, 3.05) is 38.9 Å². The molecule has 0 aliphatic carbocycles. The molecule has 0 aromatic heterocycles. The first-order valence-electron chi connectivity index (χ1n) is 14.7. The molecule has 8 heteroatoms. The third-order valence-electron chi connectivity index (χ3n) is 8.26. The predicted octanol–water partition coefficient (Wildman–Crippen LogP) is 5.82. The van der Waals surface area contributed by atoms with Gasteiger partial charge < -0.3 is 24.3 Å². The van der Waals surface area contributed by atoms with Crippen LogP contribution in [0.5, 0.6) is 17.2 Å². The van der Waals surface area contributed by atoms with Gasteiger partial charge in [-0.3, -0.25) is 14.5 Å². The van der Waals surface area contributed by atoms with E-state index in [4.69, 9.17) is 18.9 Å². The number of ether oxygens (including phenoxy) is 4. The summed E-state index contributed by atoms with van der Waals surface area (Å²) >= 11 is 0. The molecule has 0 unspecified atom stereocenters. The quantitative estimate of drug-likeness (QED) is 0.307. The van der Waals surface area contributed by atoms with Crippen molar-refractivity contribution in [1.82, 2.24) is 4.90 Å². The van der Waals surface area contributed by atoms with Crippen LogP contribution in [0, 0.1) is 12.8 Å². The standard InChI is InChI=1S/C34H40N2O6/c1-6-22-15-21(4)16-23(7-2)32(22)35-30(37)19-36-18-27(25-11-14-28-29(17-25)42-20-41-28)31(34(38)40-8-3)33(36)24-9-12-26(39-5)13-10-24/h9-17,27,31,33H,6-8,18-20H2,1-5H3,(H,35,37)/t27-,31-,33+/m1/s1. The van der Waals surface area contributed by atoms with E-state index in [1.165, 1.54) is 5.56 Å². The Morgan fingerprint density at radius 1 is 0.929 bits per heavy atom. The summed E-state index contributed by atoms with van der Waals surface area (Å²) in [5.41, 5.74) is 6.18. The maximum absolute atomic E-state index is 13.7. The van der Waals surface area contributed by atoms with Gasteiger partial charge in [0.15, 0.2) is 11.5 Å². The van der Waals surface area contributed by atoms with E-state index in [0.29, 0.717) is 18.0 Å². The van der Waals surface area contributed by atoms with E-state index in [0.717, 1.165) is 46.5 Å². The molecule has 2 aliphatic heterocycles. The van der Waals surface area contributed by atoms with E-state index in [1.54, 1.807) is 7.11 Å². The van der Waals surface area contributed by atoms with Gasteiger partial charge in [-0.05, 0) is 73.2 Å². The largest absolute Gasteiger partial charge is 0.497 e. The lowest BCUT2D eigenvalue weighted by atomic mass is 9.82. The van der Waals surface area contributed by atoms with Crippen LogP contribution in [0.15, 0.2) is 54.6 Å². The molecule has 1 amide bonds. The van der Waals surface area contributed by atoms with Crippen LogP contribution in [0.1, 0.15) is 60.5 Å². The van der Waals surface area contributed by atoms with E-state index in [2.05, 4.69) is 43.1 Å². The highest BCUT2D eigenvalue weighted by atomic mass is 16.7. The smallest absolute Gasteiger partial charge is 0.311 e. The minimum absolute atomic E-state index is 0.115. The van der Waals surface area contributed by atoms with Crippen molar-refractivity contribution in [3.63, 3.8) is 0 Å². The Labute approximate surface area is 247 Å². The summed E-state index contributed by atoms with van der Waals surface area (Å²) in [5, 5.41) is 3.23. The van der Waals surface area contributed by atoms with Crippen LogP contribution in [0.25, 0.3) is 0 Å². The molecule has 2 aliphatic rings. The molecule has 0 radical (unpaired) electrons. The molecule has 222 valence electrons. The van der Waals surface area contributed by atoms with Gasteiger partial charge in [-0.25, -0.2) is 0 Å². The second kappa shape index (κ2) is 12.9.